The van der Waals surface area contributed by atoms with Crippen LogP contribution in [0.4, 0.5) is 11.4 Å². The van der Waals surface area contributed by atoms with Gasteiger partial charge in [-0.1, -0.05) is 26.0 Å². The summed E-state index contributed by atoms with van der Waals surface area (Å²) < 4.78 is 5.44. The highest BCUT2D eigenvalue weighted by molar-refractivity contribution is 5.96. The van der Waals surface area contributed by atoms with Crippen LogP contribution in [0.25, 0.3) is 0 Å². The number of anilines is 2. The average Bonchev–Trinajstić information content (AvgIpc) is 2.73. The molecule has 1 fully saturated rings. The minimum absolute atomic E-state index is 0.0152. The molecule has 1 aliphatic heterocycles. The van der Waals surface area contributed by atoms with Crippen molar-refractivity contribution in [3.63, 3.8) is 0 Å². The molecule has 0 unspecified atom stereocenters. The van der Waals surface area contributed by atoms with Gasteiger partial charge in [-0.25, -0.2) is 0 Å². The van der Waals surface area contributed by atoms with Crippen LogP contribution in [-0.4, -0.2) is 50.0 Å². The van der Waals surface area contributed by atoms with Crippen molar-refractivity contribution >= 4 is 23.2 Å². The van der Waals surface area contributed by atoms with Crippen LogP contribution in [-0.2, 0) is 4.79 Å². The lowest BCUT2D eigenvalue weighted by Crippen LogP contribution is -2.48. The number of methoxy groups -OCH3 is 1. The molecule has 0 saturated carbocycles. The first kappa shape index (κ1) is 19.7. The van der Waals surface area contributed by atoms with Crippen LogP contribution in [0.2, 0.25) is 0 Å². The maximum Gasteiger partial charge on any atom is 0.253 e. The van der Waals surface area contributed by atoms with Gasteiger partial charge in [0.05, 0.1) is 12.8 Å². The molecule has 6 heteroatoms. The summed E-state index contributed by atoms with van der Waals surface area (Å²) in [6.45, 7) is 6.52. The highest BCUT2D eigenvalue weighted by atomic mass is 16.5. The zero-order chi connectivity index (χ0) is 20.1. The Kier molecular flexibility index (Phi) is 6.19. The van der Waals surface area contributed by atoms with Gasteiger partial charge in [0.1, 0.15) is 5.75 Å². The fourth-order valence-corrected chi connectivity index (χ4v) is 3.21. The summed E-state index contributed by atoms with van der Waals surface area (Å²) in [7, 11) is 1.67. The molecule has 148 valence electrons. The summed E-state index contributed by atoms with van der Waals surface area (Å²) in [6.07, 6.45) is 0. The van der Waals surface area contributed by atoms with Crippen molar-refractivity contribution in [2.45, 2.75) is 13.8 Å². The number of para-hydroxylation sites is 2. The van der Waals surface area contributed by atoms with Gasteiger partial charge in [-0.3, -0.25) is 9.59 Å². The molecule has 2 amide bonds. The number of amides is 2. The molecule has 1 saturated heterocycles. The van der Waals surface area contributed by atoms with E-state index in [0.29, 0.717) is 24.3 Å². The molecule has 0 aromatic heterocycles. The summed E-state index contributed by atoms with van der Waals surface area (Å²) in [5.74, 6) is 0.745. The Morgan fingerprint density at radius 2 is 1.61 bits per heavy atom. The molecule has 0 atom stereocenters. The van der Waals surface area contributed by atoms with E-state index in [9.17, 15) is 9.59 Å². The van der Waals surface area contributed by atoms with Gasteiger partial charge in [0.2, 0.25) is 5.91 Å². The van der Waals surface area contributed by atoms with E-state index in [2.05, 4.69) is 10.2 Å². The lowest BCUT2D eigenvalue weighted by atomic mass is 10.1. The molecular weight excluding hydrogens is 354 g/mol. The number of hydrogen-bond acceptors (Lipinski definition) is 4. The van der Waals surface area contributed by atoms with Crippen molar-refractivity contribution in [3.8, 4) is 5.75 Å². The molecule has 0 radical (unpaired) electrons. The minimum Gasteiger partial charge on any atom is -0.495 e. The lowest BCUT2D eigenvalue weighted by Gasteiger charge is -2.36. The number of ether oxygens (including phenoxy) is 1. The first-order chi connectivity index (χ1) is 13.5. The molecular formula is C22H27N3O3. The molecule has 6 nitrogen and oxygen atoms in total. The van der Waals surface area contributed by atoms with E-state index in [0.717, 1.165) is 24.5 Å². The summed E-state index contributed by atoms with van der Waals surface area (Å²) in [5.41, 5.74) is 2.40. The summed E-state index contributed by atoms with van der Waals surface area (Å²) >= 11 is 0. The Hall–Kier alpha value is -3.02. The van der Waals surface area contributed by atoms with Crippen LogP contribution >= 0.6 is 0 Å². The second-order valence-electron chi connectivity index (χ2n) is 7.17. The fraction of sp³-hybridized carbons (Fsp3) is 0.364. The molecule has 1 aliphatic rings. The van der Waals surface area contributed by atoms with Gasteiger partial charge in [-0.2, -0.15) is 0 Å². The molecule has 2 aromatic rings. The van der Waals surface area contributed by atoms with E-state index >= 15 is 0 Å². The van der Waals surface area contributed by atoms with Crippen LogP contribution in [0.15, 0.2) is 48.5 Å². The topological polar surface area (TPSA) is 61.9 Å². The Morgan fingerprint density at radius 3 is 2.21 bits per heavy atom. The molecule has 28 heavy (non-hydrogen) atoms. The zero-order valence-corrected chi connectivity index (χ0v) is 16.6. The van der Waals surface area contributed by atoms with Gasteiger partial charge < -0.3 is 19.9 Å². The second-order valence-corrected chi connectivity index (χ2v) is 7.17. The molecule has 3 rings (SSSR count). The van der Waals surface area contributed by atoms with E-state index < -0.39 is 0 Å². The molecule has 0 spiro atoms. The van der Waals surface area contributed by atoms with Gasteiger partial charge in [0.25, 0.3) is 5.91 Å². The van der Waals surface area contributed by atoms with Gasteiger partial charge in [-0.05, 0) is 36.4 Å². The third-order valence-corrected chi connectivity index (χ3v) is 4.92. The van der Waals surface area contributed by atoms with E-state index in [1.165, 1.54) is 0 Å². The first-order valence-corrected chi connectivity index (χ1v) is 9.57. The quantitative estimate of drug-likeness (QED) is 0.864. The normalized spacial score (nSPS) is 14.1. The molecule has 0 bridgehead atoms. The monoisotopic (exact) mass is 381 g/mol. The average molecular weight is 381 g/mol. The predicted molar refractivity (Wildman–Crippen MR) is 111 cm³/mol. The maximum absolute atomic E-state index is 12.8. The van der Waals surface area contributed by atoms with E-state index in [-0.39, 0.29) is 17.7 Å². The van der Waals surface area contributed by atoms with E-state index in [1.807, 2.05) is 43.0 Å². The van der Waals surface area contributed by atoms with Gasteiger partial charge in [0.15, 0.2) is 0 Å². The van der Waals surface area contributed by atoms with Crippen molar-refractivity contribution in [3.05, 3.63) is 54.1 Å². The SMILES string of the molecule is COc1ccccc1N1CCN(C(=O)c2ccc(NC(=O)C(C)C)cc2)CC1. The van der Waals surface area contributed by atoms with Crippen molar-refractivity contribution < 1.29 is 14.3 Å². The zero-order valence-electron chi connectivity index (χ0n) is 16.6. The Morgan fingerprint density at radius 1 is 0.964 bits per heavy atom. The third kappa shape index (κ3) is 4.44. The standard InChI is InChI=1S/C22H27N3O3/c1-16(2)21(26)23-18-10-8-17(9-11-18)22(27)25-14-12-24(13-15-25)19-6-4-5-7-20(19)28-3/h4-11,16H,12-15H2,1-3H3,(H,23,26). The van der Waals surface area contributed by atoms with Gasteiger partial charge in [0, 0.05) is 43.3 Å². The Bertz CT molecular complexity index is 825. The lowest BCUT2D eigenvalue weighted by molar-refractivity contribution is -0.118. The number of nitrogens with one attached hydrogen (secondary N) is 1. The largest absolute Gasteiger partial charge is 0.495 e. The number of hydrogen-bond donors (Lipinski definition) is 1. The molecule has 2 aromatic carbocycles. The van der Waals surface area contributed by atoms with Crippen molar-refractivity contribution in [1.29, 1.82) is 0 Å². The Balaban J connectivity index is 1.60. The van der Waals surface area contributed by atoms with Crippen LogP contribution in [0.5, 0.6) is 5.75 Å². The van der Waals surface area contributed by atoms with Gasteiger partial charge >= 0.3 is 0 Å². The summed E-state index contributed by atoms with van der Waals surface area (Å²) in [5, 5.41) is 2.84. The number of carbonyl (C=O) groups excluding carboxylic acids is 2. The van der Waals surface area contributed by atoms with E-state index in [4.69, 9.17) is 4.74 Å². The first-order valence-electron chi connectivity index (χ1n) is 9.57. The smallest absolute Gasteiger partial charge is 0.253 e. The predicted octanol–water partition coefficient (Wildman–Crippen LogP) is 3.25. The number of carbonyl (C=O) groups is 2. The summed E-state index contributed by atoms with van der Waals surface area (Å²) in [6, 6.07) is 15.0. The number of rotatable bonds is 5. The van der Waals surface area contributed by atoms with Crippen molar-refractivity contribution in [2.75, 3.05) is 43.5 Å². The number of benzene rings is 2. The van der Waals surface area contributed by atoms with Crippen LogP contribution in [0.3, 0.4) is 0 Å². The number of piperazine rings is 1. The van der Waals surface area contributed by atoms with Crippen molar-refractivity contribution in [1.82, 2.24) is 4.90 Å². The summed E-state index contributed by atoms with van der Waals surface area (Å²) in [4.78, 5) is 28.7. The van der Waals surface area contributed by atoms with E-state index in [1.54, 1.807) is 31.4 Å². The molecule has 1 heterocycles. The highest BCUT2D eigenvalue weighted by Crippen LogP contribution is 2.28. The van der Waals surface area contributed by atoms with Crippen LogP contribution < -0.4 is 15.0 Å². The molecule has 0 aliphatic carbocycles. The fourth-order valence-electron chi connectivity index (χ4n) is 3.21. The molecule has 1 N–H and O–H groups in total. The maximum atomic E-state index is 12.8. The second kappa shape index (κ2) is 8.78. The number of nitrogens with zero attached hydrogens (tertiary/aromatic N) is 2. The highest BCUT2D eigenvalue weighted by Gasteiger charge is 2.23. The van der Waals surface area contributed by atoms with Crippen LogP contribution in [0, 0.1) is 5.92 Å². The van der Waals surface area contributed by atoms with Crippen molar-refractivity contribution in [2.24, 2.45) is 5.92 Å². The Labute approximate surface area is 166 Å². The van der Waals surface area contributed by atoms with Crippen LogP contribution in [0.1, 0.15) is 24.2 Å². The van der Waals surface area contributed by atoms with Gasteiger partial charge in [-0.15, -0.1) is 0 Å². The minimum atomic E-state index is -0.0826. The third-order valence-electron chi connectivity index (χ3n) is 4.92.